The van der Waals surface area contributed by atoms with Gasteiger partial charge in [0, 0.05) is 13.0 Å². The molecule has 0 saturated carbocycles. The Morgan fingerprint density at radius 2 is 2.33 bits per heavy atom. The van der Waals surface area contributed by atoms with Gasteiger partial charge in [-0.05, 0) is 47.7 Å². The summed E-state index contributed by atoms with van der Waals surface area (Å²) < 4.78 is 3.42. The number of aromatic nitrogens is 2. The molecule has 0 bridgehead atoms. The summed E-state index contributed by atoms with van der Waals surface area (Å²) in [6, 6.07) is 0. The van der Waals surface area contributed by atoms with Crippen LogP contribution in [0.2, 0.25) is 0 Å². The molecule has 1 aliphatic heterocycles. The third-order valence-electron chi connectivity index (χ3n) is 3.08. The minimum absolute atomic E-state index is 0.519. The smallest absolute Gasteiger partial charge is 0.127 e. The van der Waals surface area contributed by atoms with Gasteiger partial charge in [-0.25, -0.2) is 4.98 Å². The van der Waals surface area contributed by atoms with E-state index in [0.29, 0.717) is 5.92 Å². The van der Waals surface area contributed by atoms with Crippen LogP contribution in [0.25, 0.3) is 0 Å². The van der Waals surface area contributed by atoms with Gasteiger partial charge >= 0.3 is 0 Å². The van der Waals surface area contributed by atoms with E-state index in [-0.39, 0.29) is 0 Å². The lowest BCUT2D eigenvalue weighted by Crippen LogP contribution is -2.18. The van der Waals surface area contributed by atoms with Gasteiger partial charge in [0.25, 0.3) is 0 Å². The second-order valence-electron chi connectivity index (χ2n) is 4.42. The molecule has 0 aromatic carbocycles. The van der Waals surface area contributed by atoms with Crippen LogP contribution >= 0.6 is 15.9 Å². The fraction of sp³-hybridized carbons (Fsp3) is 0.727. The number of rotatable bonds is 3. The summed E-state index contributed by atoms with van der Waals surface area (Å²) >= 11 is 3.55. The third-order valence-corrected chi connectivity index (χ3v) is 3.72. The van der Waals surface area contributed by atoms with Crippen LogP contribution in [0.1, 0.15) is 31.3 Å². The second kappa shape index (κ2) is 4.66. The van der Waals surface area contributed by atoms with Crippen LogP contribution in [0.5, 0.6) is 0 Å². The van der Waals surface area contributed by atoms with E-state index in [1.54, 1.807) is 0 Å². The Morgan fingerprint density at radius 1 is 1.53 bits per heavy atom. The Kier molecular flexibility index (Phi) is 3.46. The number of nitrogens with zero attached hydrogens (tertiary/aromatic N) is 2. The molecule has 2 rings (SSSR count). The molecule has 0 radical (unpaired) electrons. The first-order valence-corrected chi connectivity index (χ1v) is 6.45. The van der Waals surface area contributed by atoms with E-state index in [4.69, 9.17) is 5.73 Å². The fourth-order valence-corrected chi connectivity index (χ4v) is 2.74. The van der Waals surface area contributed by atoms with Gasteiger partial charge in [0.1, 0.15) is 10.4 Å². The largest absolute Gasteiger partial charge is 0.331 e. The molecular formula is C11H18BrN3. The Hall–Kier alpha value is -0.350. The standard InChI is InChI=1S/C11H18BrN3/c1-8(7-13)6-10-14-11(12)9-4-2-3-5-15(9)10/h8H,2-7,13H2,1H3. The summed E-state index contributed by atoms with van der Waals surface area (Å²) in [4.78, 5) is 4.60. The zero-order valence-electron chi connectivity index (χ0n) is 9.17. The molecule has 2 N–H and O–H groups in total. The maximum Gasteiger partial charge on any atom is 0.127 e. The molecule has 1 atom stereocenters. The average Bonchev–Trinajstić information content (AvgIpc) is 2.57. The number of hydrogen-bond donors (Lipinski definition) is 1. The van der Waals surface area contributed by atoms with E-state index in [1.165, 1.54) is 24.4 Å². The zero-order valence-corrected chi connectivity index (χ0v) is 10.8. The highest BCUT2D eigenvalue weighted by Crippen LogP contribution is 2.25. The maximum absolute atomic E-state index is 5.65. The molecule has 2 heterocycles. The van der Waals surface area contributed by atoms with Gasteiger partial charge in [-0.2, -0.15) is 0 Å². The summed E-state index contributed by atoms with van der Waals surface area (Å²) in [5.74, 6) is 1.72. The second-order valence-corrected chi connectivity index (χ2v) is 5.17. The summed E-state index contributed by atoms with van der Waals surface area (Å²) in [5.41, 5.74) is 7.03. The van der Waals surface area contributed by atoms with Gasteiger partial charge in [-0.3, -0.25) is 0 Å². The predicted molar refractivity (Wildman–Crippen MR) is 64.8 cm³/mol. The quantitative estimate of drug-likeness (QED) is 0.916. The van der Waals surface area contributed by atoms with Crippen LogP contribution in [-0.2, 0) is 19.4 Å². The van der Waals surface area contributed by atoms with E-state index in [1.807, 2.05) is 0 Å². The lowest BCUT2D eigenvalue weighted by atomic mass is 10.1. The van der Waals surface area contributed by atoms with Crippen LogP contribution in [0, 0.1) is 5.92 Å². The Morgan fingerprint density at radius 3 is 3.07 bits per heavy atom. The molecule has 15 heavy (non-hydrogen) atoms. The van der Waals surface area contributed by atoms with Crippen LogP contribution in [0.15, 0.2) is 4.60 Å². The van der Waals surface area contributed by atoms with Crippen molar-refractivity contribution < 1.29 is 0 Å². The van der Waals surface area contributed by atoms with Crippen molar-refractivity contribution in [2.24, 2.45) is 11.7 Å². The molecule has 0 spiro atoms. The Labute approximate surface area is 99.2 Å². The Bertz CT molecular complexity index is 346. The summed E-state index contributed by atoms with van der Waals surface area (Å²) in [5, 5.41) is 0. The van der Waals surface area contributed by atoms with Crippen LogP contribution < -0.4 is 5.73 Å². The van der Waals surface area contributed by atoms with Gasteiger partial charge < -0.3 is 10.3 Å². The molecule has 0 fully saturated rings. The molecule has 1 aliphatic rings. The third kappa shape index (κ3) is 2.26. The highest BCUT2D eigenvalue weighted by atomic mass is 79.9. The van der Waals surface area contributed by atoms with Crippen molar-refractivity contribution in [1.29, 1.82) is 0 Å². The van der Waals surface area contributed by atoms with Gasteiger partial charge in [0.05, 0.1) is 5.69 Å². The van der Waals surface area contributed by atoms with Crippen molar-refractivity contribution in [3.8, 4) is 0 Å². The molecule has 1 aromatic heterocycles. The molecule has 84 valence electrons. The van der Waals surface area contributed by atoms with Crippen molar-refractivity contribution in [1.82, 2.24) is 9.55 Å². The predicted octanol–water partition coefficient (Wildman–Crippen LogP) is 2.12. The molecule has 3 nitrogen and oxygen atoms in total. The topological polar surface area (TPSA) is 43.8 Å². The van der Waals surface area contributed by atoms with Crippen molar-refractivity contribution in [2.45, 2.75) is 39.2 Å². The highest BCUT2D eigenvalue weighted by Gasteiger charge is 2.19. The number of hydrogen-bond acceptors (Lipinski definition) is 2. The van der Waals surface area contributed by atoms with Crippen molar-refractivity contribution in [3.63, 3.8) is 0 Å². The lowest BCUT2D eigenvalue weighted by Gasteiger charge is -2.17. The minimum atomic E-state index is 0.519. The summed E-state index contributed by atoms with van der Waals surface area (Å²) in [6.45, 7) is 4.04. The molecule has 0 aliphatic carbocycles. The normalized spacial score (nSPS) is 17.5. The van der Waals surface area contributed by atoms with Gasteiger partial charge in [-0.1, -0.05) is 6.92 Å². The average molecular weight is 272 g/mol. The van der Waals surface area contributed by atoms with Gasteiger partial charge in [0.15, 0.2) is 0 Å². The first-order valence-electron chi connectivity index (χ1n) is 5.66. The SMILES string of the molecule is CC(CN)Cc1nc(Br)c2n1CCCC2. The van der Waals surface area contributed by atoms with E-state index in [9.17, 15) is 0 Å². The van der Waals surface area contributed by atoms with Crippen LogP contribution in [0.3, 0.4) is 0 Å². The monoisotopic (exact) mass is 271 g/mol. The molecule has 0 amide bonds. The van der Waals surface area contributed by atoms with Crippen molar-refractivity contribution in [2.75, 3.05) is 6.54 Å². The number of fused-ring (bicyclic) bond motifs is 1. The zero-order chi connectivity index (χ0) is 10.8. The van der Waals surface area contributed by atoms with Gasteiger partial charge in [0.2, 0.25) is 0 Å². The van der Waals surface area contributed by atoms with Crippen LogP contribution in [-0.4, -0.2) is 16.1 Å². The molecule has 1 unspecified atom stereocenters. The minimum Gasteiger partial charge on any atom is -0.331 e. The van der Waals surface area contributed by atoms with Gasteiger partial charge in [-0.15, -0.1) is 0 Å². The number of imidazole rings is 1. The van der Waals surface area contributed by atoms with E-state index < -0.39 is 0 Å². The molecule has 4 heteroatoms. The first kappa shape index (κ1) is 11.1. The highest BCUT2D eigenvalue weighted by molar-refractivity contribution is 9.10. The van der Waals surface area contributed by atoms with Crippen LogP contribution in [0.4, 0.5) is 0 Å². The van der Waals surface area contributed by atoms with Crippen molar-refractivity contribution in [3.05, 3.63) is 16.1 Å². The summed E-state index contributed by atoms with van der Waals surface area (Å²) in [7, 11) is 0. The maximum atomic E-state index is 5.65. The van der Waals surface area contributed by atoms with E-state index >= 15 is 0 Å². The number of halogens is 1. The Balaban J connectivity index is 2.24. The fourth-order valence-electron chi connectivity index (χ4n) is 2.12. The summed E-state index contributed by atoms with van der Waals surface area (Å²) in [6.07, 6.45) is 4.72. The lowest BCUT2D eigenvalue weighted by molar-refractivity contribution is 0.487. The molecule has 1 aromatic rings. The number of nitrogens with two attached hydrogens (primary N) is 1. The van der Waals surface area contributed by atoms with E-state index in [2.05, 4.69) is 32.4 Å². The van der Waals surface area contributed by atoms with E-state index in [0.717, 1.165) is 30.5 Å². The molecule has 0 saturated heterocycles. The first-order chi connectivity index (χ1) is 7.22. The molecular weight excluding hydrogens is 254 g/mol. The van der Waals surface area contributed by atoms with Crippen molar-refractivity contribution >= 4 is 15.9 Å².